The van der Waals surface area contributed by atoms with Crippen molar-refractivity contribution in [3.63, 3.8) is 0 Å². The number of phosphoric ester groups is 1. The minimum absolute atomic E-state index is 0.00177. The lowest BCUT2D eigenvalue weighted by Gasteiger charge is -2.18. The van der Waals surface area contributed by atoms with Crippen LogP contribution in [0.5, 0.6) is 0 Å². The number of aliphatic hydroxyl groups is 2. The average molecular weight is 751 g/mol. The van der Waals surface area contributed by atoms with E-state index in [1.54, 1.807) is 36.5 Å². The molecule has 0 aliphatic heterocycles. The fourth-order valence-electron chi connectivity index (χ4n) is 4.70. The Balaban J connectivity index is 4.29. The van der Waals surface area contributed by atoms with E-state index >= 15 is 0 Å². The molecular formula is C41H67O10P. The van der Waals surface area contributed by atoms with Gasteiger partial charge in [-0.2, -0.15) is 0 Å². The van der Waals surface area contributed by atoms with Crippen LogP contribution >= 0.6 is 7.82 Å². The summed E-state index contributed by atoms with van der Waals surface area (Å²) in [7, 11) is -4.82. The van der Waals surface area contributed by atoms with Crippen LogP contribution in [0.1, 0.15) is 129 Å². The summed E-state index contributed by atoms with van der Waals surface area (Å²) in [6.45, 7) is 3.26. The van der Waals surface area contributed by atoms with Gasteiger partial charge in [0.2, 0.25) is 0 Å². The molecule has 10 nitrogen and oxygen atoms in total. The van der Waals surface area contributed by atoms with Gasteiger partial charge in [0.25, 0.3) is 0 Å². The number of ether oxygens (including phenoxy) is 2. The molecule has 0 saturated carbocycles. The number of hydrogen-bond donors (Lipinski definition) is 4. The van der Waals surface area contributed by atoms with Crippen molar-refractivity contribution in [2.75, 3.05) is 13.2 Å². The summed E-state index contributed by atoms with van der Waals surface area (Å²) in [4.78, 5) is 42.7. The molecule has 0 heterocycles. The first kappa shape index (κ1) is 49.1. The van der Waals surface area contributed by atoms with Crippen LogP contribution in [0.2, 0.25) is 0 Å². The topological polar surface area (TPSA) is 160 Å². The standard InChI is InChI=1S/C41H67O10P/c1-3-5-7-9-11-12-13-14-15-16-17-18-19-21-27-33-41(45)51-39(36-50-52(46,47)48)35-49-40(44)34-28-32-38(43)31-26-23-22-25-30-37(42)29-24-20-10-8-6-4-2/h5,7,11-12,14-15,20,22-26,30-31,37-39,42-43H,3-4,6,8-10,13,16-19,21,27-29,32-36H2,1-2H3,(H2,46,47,48)/b7-5-,12-11-,15-14-,23-22+,24-20-,30-25+,31-26-/t37-,38-,39-/m1/s1. The van der Waals surface area contributed by atoms with Gasteiger partial charge in [-0.05, 0) is 70.6 Å². The Kier molecular flexibility index (Phi) is 33.3. The highest BCUT2D eigenvalue weighted by atomic mass is 31.2. The van der Waals surface area contributed by atoms with Crippen LogP contribution in [0.25, 0.3) is 0 Å². The van der Waals surface area contributed by atoms with Gasteiger partial charge in [-0.1, -0.05) is 131 Å². The van der Waals surface area contributed by atoms with E-state index in [4.69, 9.17) is 19.3 Å². The summed E-state index contributed by atoms with van der Waals surface area (Å²) in [6.07, 6.45) is 39.3. The van der Waals surface area contributed by atoms with Crippen molar-refractivity contribution in [1.29, 1.82) is 0 Å². The van der Waals surface area contributed by atoms with Crippen LogP contribution in [0, 0.1) is 0 Å². The van der Waals surface area contributed by atoms with Crippen molar-refractivity contribution in [2.24, 2.45) is 0 Å². The number of unbranched alkanes of at least 4 members (excludes halogenated alkanes) is 8. The summed E-state index contributed by atoms with van der Waals surface area (Å²) < 4.78 is 26.1. The van der Waals surface area contributed by atoms with E-state index in [9.17, 15) is 24.4 Å². The fourth-order valence-corrected chi connectivity index (χ4v) is 5.06. The molecule has 0 radical (unpaired) electrons. The first-order valence-corrected chi connectivity index (χ1v) is 20.6. The third kappa shape index (κ3) is 36.9. The summed E-state index contributed by atoms with van der Waals surface area (Å²) in [5, 5.41) is 20.1. The van der Waals surface area contributed by atoms with Crippen molar-refractivity contribution in [3.05, 3.63) is 85.1 Å². The van der Waals surface area contributed by atoms with E-state index in [1.165, 1.54) is 19.3 Å². The molecule has 0 aliphatic rings. The zero-order valence-corrected chi connectivity index (χ0v) is 32.5. The Bertz CT molecular complexity index is 1150. The predicted octanol–water partition coefficient (Wildman–Crippen LogP) is 9.23. The highest BCUT2D eigenvalue weighted by Gasteiger charge is 2.23. The molecule has 0 amide bonds. The summed E-state index contributed by atoms with van der Waals surface area (Å²) in [6, 6.07) is 0. The van der Waals surface area contributed by atoms with Gasteiger partial charge in [0.05, 0.1) is 18.8 Å². The van der Waals surface area contributed by atoms with Gasteiger partial charge in [-0.3, -0.25) is 14.1 Å². The molecule has 11 heteroatoms. The van der Waals surface area contributed by atoms with Gasteiger partial charge in [0.15, 0.2) is 6.10 Å². The third-order valence-electron chi connectivity index (χ3n) is 7.59. The summed E-state index contributed by atoms with van der Waals surface area (Å²) in [5.41, 5.74) is 0. The van der Waals surface area contributed by atoms with Crippen LogP contribution in [0.3, 0.4) is 0 Å². The molecule has 0 unspecified atom stereocenters. The number of esters is 2. The van der Waals surface area contributed by atoms with E-state index in [0.29, 0.717) is 25.7 Å². The molecule has 0 spiro atoms. The van der Waals surface area contributed by atoms with Gasteiger partial charge in [0.1, 0.15) is 6.61 Å². The number of phosphoric acid groups is 1. The normalized spacial score (nSPS) is 14.7. The molecule has 296 valence electrons. The number of allylic oxidation sites excluding steroid dienone is 11. The monoisotopic (exact) mass is 750 g/mol. The zero-order chi connectivity index (χ0) is 38.5. The van der Waals surface area contributed by atoms with Crippen LogP contribution < -0.4 is 0 Å². The van der Waals surface area contributed by atoms with Gasteiger partial charge in [-0.15, -0.1) is 0 Å². The Labute approximate surface area is 313 Å². The molecular weight excluding hydrogens is 683 g/mol. The smallest absolute Gasteiger partial charge is 0.462 e. The van der Waals surface area contributed by atoms with Crippen LogP contribution in [-0.2, 0) is 28.2 Å². The van der Waals surface area contributed by atoms with Gasteiger partial charge in [-0.25, -0.2) is 4.57 Å². The van der Waals surface area contributed by atoms with E-state index in [2.05, 4.69) is 60.9 Å². The highest BCUT2D eigenvalue weighted by molar-refractivity contribution is 7.46. The molecule has 0 aromatic carbocycles. The number of aliphatic hydroxyl groups excluding tert-OH is 2. The number of hydrogen-bond acceptors (Lipinski definition) is 8. The highest BCUT2D eigenvalue weighted by Crippen LogP contribution is 2.36. The van der Waals surface area contributed by atoms with Crippen LogP contribution in [0.4, 0.5) is 0 Å². The number of carbonyl (C=O) groups excluding carboxylic acids is 2. The molecule has 3 atom stereocenters. The second-order valence-electron chi connectivity index (χ2n) is 12.6. The minimum atomic E-state index is -4.82. The maximum Gasteiger partial charge on any atom is 0.469 e. The maximum atomic E-state index is 12.4. The molecule has 0 aromatic rings. The van der Waals surface area contributed by atoms with E-state index in [0.717, 1.165) is 57.8 Å². The molecule has 0 fully saturated rings. The van der Waals surface area contributed by atoms with Crippen molar-refractivity contribution in [2.45, 2.75) is 148 Å². The molecule has 0 saturated heterocycles. The first-order chi connectivity index (χ1) is 25.1. The van der Waals surface area contributed by atoms with E-state index < -0.39 is 51.3 Å². The Hall–Kier alpha value is -2.85. The number of carbonyl (C=O) groups is 2. The van der Waals surface area contributed by atoms with E-state index in [1.807, 2.05) is 6.08 Å². The SMILES string of the molecule is CC/C=C\C/C=C\C/C=C\CCCCCCCC(=O)O[C@H](COC(=O)CCC[C@H](O)\C=C/C=C/C=C/[C@H](O)C/C=C\CCCCC)COP(=O)(O)O. The van der Waals surface area contributed by atoms with Crippen molar-refractivity contribution < 1.29 is 48.2 Å². The lowest BCUT2D eigenvalue weighted by atomic mass is 10.1. The van der Waals surface area contributed by atoms with Crippen molar-refractivity contribution >= 4 is 19.8 Å². The van der Waals surface area contributed by atoms with E-state index in [-0.39, 0.29) is 12.8 Å². The van der Waals surface area contributed by atoms with Crippen molar-refractivity contribution in [3.8, 4) is 0 Å². The third-order valence-corrected chi connectivity index (χ3v) is 8.07. The van der Waals surface area contributed by atoms with Gasteiger partial charge >= 0.3 is 19.8 Å². The Morgan fingerprint density at radius 1 is 0.635 bits per heavy atom. The quantitative estimate of drug-likeness (QED) is 0.0167. The fraction of sp³-hybridized carbons (Fsp3) is 0.610. The summed E-state index contributed by atoms with van der Waals surface area (Å²) >= 11 is 0. The zero-order valence-electron chi connectivity index (χ0n) is 31.6. The molecule has 0 aliphatic carbocycles. The number of rotatable bonds is 33. The second-order valence-corrected chi connectivity index (χ2v) is 13.8. The average Bonchev–Trinajstić information content (AvgIpc) is 3.10. The largest absolute Gasteiger partial charge is 0.469 e. The maximum absolute atomic E-state index is 12.4. The molecule has 52 heavy (non-hydrogen) atoms. The Morgan fingerprint density at radius 3 is 1.88 bits per heavy atom. The predicted molar refractivity (Wildman–Crippen MR) is 209 cm³/mol. The minimum Gasteiger partial charge on any atom is -0.462 e. The lowest BCUT2D eigenvalue weighted by Crippen LogP contribution is -2.29. The first-order valence-electron chi connectivity index (χ1n) is 19.1. The van der Waals surface area contributed by atoms with Gasteiger partial charge in [0, 0.05) is 12.8 Å². The van der Waals surface area contributed by atoms with Gasteiger partial charge < -0.3 is 29.5 Å². The van der Waals surface area contributed by atoms with Crippen molar-refractivity contribution in [1.82, 2.24) is 0 Å². The molecule has 0 rings (SSSR count). The summed E-state index contributed by atoms with van der Waals surface area (Å²) in [5.74, 6) is -1.16. The lowest BCUT2D eigenvalue weighted by molar-refractivity contribution is -0.161. The molecule has 4 N–H and O–H groups in total. The second kappa shape index (κ2) is 35.2. The van der Waals surface area contributed by atoms with Crippen LogP contribution in [0.15, 0.2) is 85.1 Å². The van der Waals surface area contributed by atoms with Crippen LogP contribution in [-0.4, -0.2) is 63.5 Å². The molecule has 0 aromatic heterocycles. The Morgan fingerprint density at radius 2 is 1.21 bits per heavy atom. The molecule has 0 bridgehead atoms.